The molecule has 0 saturated carbocycles. The number of sulfonamides is 1. The second-order valence-corrected chi connectivity index (χ2v) is 9.37. The third-order valence-corrected chi connectivity index (χ3v) is 6.70. The highest BCUT2D eigenvalue weighted by molar-refractivity contribution is 7.89. The van der Waals surface area contributed by atoms with Gasteiger partial charge in [-0.05, 0) is 67.3 Å². The van der Waals surface area contributed by atoms with E-state index in [4.69, 9.17) is 9.47 Å². The van der Waals surface area contributed by atoms with Crippen LogP contribution < -0.4 is 19.5 Å². The van der Waals surface area contributed by atoms with Crippen molar-refractivity contribution in [2.45, 2.75) is 30.7 Å². The number of benzene rings is 3. The van der Waals surface area contributed by atoms with Gasteiger partial charge in [0.15, 0.2) is 0 Å². The fourth-order valence-electron chi connectivity index (χ4n) is 3.42. The molecule has 3 aromatic carbocycles. The number of amides is 1. The van der Waals surface area contributed by atoms with E-state index in [1.54, 1.807) is 19.2 Å². The summed E-state index contributed by atoms with van der Waals surface area (Å²) < 4.78 is 39.2. The number of methoxy groups -OCH3 is 1. The Bertz CT molecular complexity index is 1150. The molecule has 0 aliphatic carbocycles. The van der Waals surface area contributed by atoms with Crippen molar-refractivity contribution in [3.8, 4) is 11.5 Å². The van der Waals surface area contributed by atoms with Crippen LogP contribution in [0.25, 0.3) is 0 Å². The van der Waals surface area contributed by atoms with Gasteiger partial charge in [0.2, 0.25) is 15.9 Å². The zero-order valence-corrected chi connectivity index (χ0v) is 20.2. The molecule has 8 heteroatoms. The molecule has 180 valence electrons. The summed E-state index contributed by atoms with van der Waals surface area (Å²) in [7, 11) is -2.31. The average molecular weight is 483 g/mol. The van der Waals surface area contributed by atoms with Crippen LogP contribution in [0.3, 0.4) is 0 Å². The first-order valence-corrected chi connectivity index (χ1v) is 12.6. The first-order chi connectivity index (χ1) is 16.4. The van der Waals surface area contributed by atoms with E-state index in [-0.39, 0.29) is 17.2 Å². The first-order valence-electron chi connectivity index (χ1n) is 11.1. The van der Waals surface area contributed by atoms with Gasteiger partial charge in [0, 0.05) is 6.54 Å². The van der Waals surface area contributed by atoms with Gasteiger partial charge in [-0.25, -0.2) is 8.42 Å². The minimum atomic E-state index is -3.92. The standard InChI is InChI=1S/C26H30N2O5S/c1-3-33-23-13-15-24(16-14-23)34(30,31)28-25(19-21-7-5-4-6-8-21)26(29)27-18-17-20-9-11-22(32-2)12-10-20/h4-16,25,28H,3,17-19H2,1-2H3,(H,27,29)/t25-/m1/s1. The summed E-state index contributed by atoms with van der Waals surface area (Å²) >= 11 is 0. The van der Waals surface area contributed by atoms with E-state index < -0.39 is 16.1 Å². The molecule has 1 atom stereocenters. The molecule has 0 saturated heterocycles. The van der Waals surface area contributed by atoms with Gasteiger partial charge in [0.05, 0.1) is 18.6 Å². The van der Waals surface area contributed by atoms with Crippen molar-refractivity contribution in [2.75, 3.05) is 20.3 Å². The molecule has 0 bridgehead atoms. The predicted octanol–water partition coefficient (Wildman–Crippen LogP) is 3.34. The smallest absolute Gasteiger partial charge is 0.241 e. The highest BCUT2D eigenvalue weighted by Crippen LogP contribution is 2.17. The van der Waals surface area contributed by atoms with Crippen LogP contribution in [0.2, 0.25) is 0 Å². The second-order valence-electron chi connectivity index (χ2n) is 7.66. The first kappa shape index (κ1) is 25.3. The molecule has 0 aliphatic heterocycles. The van der Waals surface area contributed by atoms with Crippen LogP contribution in [0, 0.1) is 0 Å². The topological polar surface area (TPSA) is 93.7 Å². The van der Waals surface area contributed by atoms with Gasteiger partial charge < -0.3 is 14.8 Å². The SMILES string of the molecule is CCOc1ccc(S(=O)(=O)N[C@H](Cc2ccccc2)C(=O)NCCc2ccc(OC)cc2)cc1. The Morgan fingerprint density at radius 3 is 2.15 bits per heavy atom. The van der Waals surface area contributed by atoms with Crippen LogP contribution in [-0.2, 0) is 27.7 Å². The van der Waals surface area contributed by atoms with E-state index in [2.05, 4.69) is 10.0 Å². The molecular weight excluding hydrogens is 452 g/mol. The molecule has 0 radical (unpaired) electrons. The van der Waals surface area contributed by atoms with Crippen LogP contribution in [0.5, 0.6) is 11.5 Å². The van der Waals surface area contributed by atoms with Gasteiger partial charge >= 0.3 is 0 Å². The lowest BCUT2D eigenvalue weighted by molar-refractivity contribution is -0.122. The molecule has 2 N–H and O–H groups in total. The van der Waals surface area contributed by atoms with E-state index in [9.17, 15) is 13.2 Å². The maximum absolute atomic E-state index is 13.0. The number of rotatable bonds is 12. The number of nitrogens with one attached hydrogen (secondary N) is 2. The van der Waals surface area contributed by atoms with E-state index in [0.29, 0.717) is 25.3 Å². The Balaban J connectivity index is 1.69. The van der Waals surface area contributed by atoms with E-state index in [1.807, 2.05) is 61.5 Å². The number of carbonyl (C=O) groups excluding carboxylic acids is 1. The molecular formula is C26H30N2O5S. The summed E-state index contributed by atoms with van der Waals surface area (Å²) in [5.41, 5.74) is 1.89. The summed E-state index contributed by atoms with van der Waals surface area (Å²) in [4.78, 5) is 13.1. The maximum atomic E-state index is 13.0. The predicted molar refractivity (Wildman–Crippen MR) is 132 cm³/mol. The molecule has 0 fully saturated rings. The third-order valence-electron chi connectivity index (χ3n) is 5.21. The van der Waals surface area contributed by atoms with Crippen molar-refractivity contribution in [3.63, 3.8) is 0 Å². The minimum absolute atomic E-state index is 0.0695. The fraction of sp³-hybridized carbons (Fsp3) is 0.269. The van der Waals surface area contributed by atoms with Crippen LogP contribution in [0.1, 0.15) is 18.1 Å². The van der Waals surface area contributed by atoms with Crippen LogP contribution >= 0.6 is 0 Å². The van der Waals surface area contributed by atoms with Crippen molar-refractivity contribution < 1.29 is 22.7 Å². The van der Waals surface area contributed by atoms with Gasteiger partial charge in [-0.1, -0.05) is 42.5 Å². The number of ether oxygens (including phenoxy) is 2. The minimum Gasteiger partial charge on any atom is -0.497 e. The Labute approximate surface area is 201 Å². The highest BCUT2D eigenvalue weighted by atomic mass is 32.2. The molecule has 0 aliphatic rings. The second kappa shape index (κ2) is 12.2. The lowest BCUT2D eigenvalue weighted by Crippen LogP contribution is -2.48. The van der Waals surface area contributed by atoms with Crippen LogP contribution in [0.15, 0.2) is 83.8 Å². The highest BCUT2D eigenvalue weighted by Gasteiger charge is 2.26. The zero-order chi connectivity index (χ0) is 24.4. The van der Waals surface area contributed by atoms with Crippen molar-refractivity contribution in [2.24, 2.45) is 0 Å². The lowest BCUT2D eigenvalue weighted by atomic mass is 10.1. The van der Waals surface area contributed by atoms with Crippen molar-refractivity contribution in [3.05, 3.63) is 90.0 Å². The number of hydrogen-bond donors (Lipinski definition) is 2. The summed E-state index contributed by atoms with van der Waals surface area (Å²) in [5.74, 6) is 0.963. The molecule has 3 rings (SSSR count). The van der Waals surface area contributed by atoms with E-state index in [0.717, 1.165) is 16.9 Å². The Morgan fingerprint density at radius 2 is 1.53 bits per heavy atom. The van der Waals surface area contributed by atoms with E-state index in [1.165, 1.54) is 12.1 Å². The summed E-state index contributed by atoms with van der Waals surface area (Å²) in [5, 5.41) is 2.86. The van der Waals surface area contributed by atoms with Gasteiger partial charge in [0.25, 0.3) is 0 Å². The van der Waals surface area contributed by atoms with E-state index >= 15 is 0 Å². The Morgan fingerprint density at radius 1 is 0.882 bits per heavy atom. The molecule has 0 aromatic heterocycles. The molecule has 0 heterocycles. The van der Waals surface area contributed by atoms with Gasteiger partial charge in [0.1, 0.15) is 17.5 Å². The molecule has 0 unspecified atom stereocenters. The fourth-order valence-corrected chi connectivity index (χ4v) is 4.62. The molecule has 0 spiro atoms. The number of carbonyl (C=O) groups is 1. The number of hydrogen-bond acceptors (Lipinski definition) is 5. The Kier molecular flexibility index (Phi) is 9.07. The molecule has 1 amide bonds. The average Bonchev–Trinajstić information content (AvgIpc) is 2.85. The quantitative estimate of drug-likeness (QED) is 0.413. The summed E-state index contributed by atoms with van der Waals surface area (Å²) in [6.45, 7) is 2.72. The van der Waals surface area contributed by atoms with Crippen LogP contribution in [-0.4, -0.2) is 40.6 Å². The van der Waals surface area contributed by atoms with Crippen LogP contribution in [0.4, 0.5) is 0 Å². The van der Waals surface area contributed by atoms with Gasteiger partial charge in [-0.3, -0.25) is 4.79 Å². The summed E-state index contributed by atoms with van der Waals surface area (Å²) in [6, 6.07) is 22.1. The molecule has 3 aromatic rings. The maximum Gasteiger partial charge on any atom is 0.241 e. The Hall–Kier alpha value is -3.36. The largest absolute Gasteiger partial charge is 0.497 e. The van der Waals surface area contributed by atoms with Crippen molar-refractivity contribution in [1.82, 2.24) is 10.0 Å². The zero-order valence-electron chi connectivity index (χ0n) is 19.4. The van der Waals surface area contributed by atoms with Gasteiger partial charge in [-0.2, -0.15) is 4.72 Å². The summed E-state index contributed by atoms with van der Waals surface area (Å²) in [6.07, 6.45) is 0.838. The monoisotopic (exact) mass is 482 g/mol. The lowest BCUT2D eigenvalue weighted by Gasteiger charge is -2.19. The van der Waals surface area contributed by atoms with Crippen molar-refractivity contribution >= 4 is 15.9 Å². The van der Waals surface area contributed by atoms with Gasteiger partial charge in [-0.15, -0.1) is 0 Å². The van der Waals surface area contributed by atoms with Crippen molar-refractivity contribution in [1.29, 1.82) is 0 Å². The third kappa shape index (κ3) is 7.33. The molecule has 34 heavy (non-hydrogen) atoms. The molecule has 7 nitrogen and oxygen atoms in total. The normalized spacial score (nSPS) is 12.1.